The van der Waals surface area contributed by atoms with Gasteiger partial charge in [0.1, 0.15) is 29.5 Å². The zero-order valence-electron chi connectivity index (χ0n) is 22.5. The monoisotopic (exact) mass is 586 g/mol. The van der Waals surface area contributed by atoms with E-state index in [-0.39, 0.29) is 19.1 Å². The lowest BCUT2D eigenvalue weighted by Gasteiger charge is -2.16. The van der Waals surface area contributed by atoms with Crippen molar-refractivity contribution in [1.82, 2.24) is 10.2 Å². The molecule has 0 aliphatic carbocycles. The first-order valence-corrected chi connectivity index (χ1v) is 14.0. The van der Waals surface area contributed by atoms with E-state index in [4.69, 9.17) is 9.15 Å². The Morgan fingerprint density at radius 1 is 1.05 bits per heavy atom. The maximum absolute atomic E-state index is 13.8. The second kappa shape index (κ2) is 13.2. The zero-order valence-corrected chi connectivity index (χ0v) is 23.3. The van der Waals surface area contributed by atoms with Crippen LogP contribution in [-0.4, -0.2) is 34.0 Å². The molecule has 3 amide bonds. The molecule has 1 aliphatic heterocycles. The Kier molecular flexibility index (Phi) is 8.98. The predicted octanol–water partition coefficient (Wildman–Crippen LogP) is 6.18. The summed E-state index contributed by atoms with van der Waals surface area (Å²) in [5.74, 6) is -0.550. The van der Waals surface area contributed by atoms with Crippen LogP contribution in [0, 0.1) is 5.82 Å². The van der Waals surface area contributed by atoms with Gasteiger partial charge in [0.05, 0.1) is 18.5 Å². The fraction of sp³-hybridized carbons (Fsp3) is 0.161. The minimum absolute atomic E-state index is 0.0809. The van der Waals surface area contributed by atoms with Gasteiger partial charge in [0.15, 0.2) is 5.17 Å². The van der Waals surface area contributed by atoms with Crippen LogP contribution in [-0.2, 0) is 27.5 Å². The third-order valence-electron chi connectivity index (χ3n) is 6.27. The maximum atomic E-state index is 13.8. The minimum Gasteiger partial charge on any atom is -0.467 e. The summed E-state index contributed by atoms with van der Waals surface area (Å²) in [5.41, 5.74) is 2.29. The number of anilines is 1. The number of carbonyl (C=O) groups is 3. The van der Waals surface area contributed by atoms with Gasteiger partial charge in [0.25, 0.3) is 0 Å². The normalized spacial score (nSPS) is 16.3. The Labute approximate surface area is 245 Å². The van der Waals surface area contributed by atoms with Gasteiger partial charge in [-0.1, -0.05) is 60.3 Å². The van der Waals surface area contributed by atoms with Gasteiger partial charge >= 0.3 is 6.09 Å². The van der Waals surface area contributed by atoms with E-state index < -0.39 is 29.1 Å². The number of rotatable bonds is 9. The minimum atomic E-state index is -0.881. The lowest BCUT2D eigenvalue weighted by Crippen LogP contribution is -2.41. The van der Waals surface area contributed by atoms with Crippen molar-refractivity contribution in [2.24, 2.45) is 4.99 Å². The summed E-state index contributed by atoms with van der Waals surface area (Å²) in [6.07, 6.45) is 0.805. The number of ether oxygens (including phenoxy) is 1. The molecule has 2 N–H and O–H groups in total. The molecular formula is C31H27FN4O5S. The Bertz CT molecular complexity index is 1600. The Balaban J connectivity index is 1.26. The predicted molar refractivity (Wildman–Crippen MR) is 157 cm³/mol. The van der Waals surface area contributed by atoms with Gasteiger partial charge in [0.2, 0.25) is 11.8 Å². The lowest BCUT2D eigenvalue weighted by molar-refractivity contribution is -0.126. The first kappa shape index (κ1) is 28.6. The molecule has 1 aromatic heterocycles. The molecule has 0 radical (unpaired) electrons. The third-order valence-corrected chi connectivity index (χ3v) is 7.50. The number of aliphatic imine (C=N–C) groups is 1. The van der Waals surface area contributed by atoms with Crippen LogP contribution in [0.3, 0.4) is 0 Å². The van der Waals surface area contributed by atoms with Gasteiger partial charge in [-0.15, -0.1) is 0 Å². The molecule has 11 heteroatoms. The van der Waals surface area contributed by atoms with E-state index in [1.165, 1.54) is 35.1 Å². The molecule has 2 heterocycles. The number of nitrogens with zero attached hydrogens (tertiary/aromatic N) is 2. The van der Waals surface area contributed by atoms with Crippen LogP contribution < -0.4 is 10.6 Å². The molecule has 0 spiro atoms. The summed E-state index contributed by atoms with van der Waals surface area (Å²) < 4.78 is 24.4. The fourth-order valence-electron chi connectivity index (χ4n) is 4.15. The highest BCUT2D eigenvalue weighted by molar-refractivity contribution is 8.15. The second-order valence-corrected chi connectivity index (χ2v) is 10.5. The number of hydrogen-bond acceptors (Lipinski definition) is 7. The molecule has 4 aromatic rings. The van der Waals surface area contributed by atoms with E-state index in [2.05, 4.69) is 15.6 Å². The average Bonchev–Trinajstić information content (AvgIpc) is 3.61. The van der Waals surface area contributed by atoms with E-state index in [1.54, 1.807) is 55.5 Å². The van der Waals surface area contributed by atoms with Crippen molar-refractivity contribution in [3.05, 3.63) is 120 Å². The first-order chi connectivity index (χ1) is 20.4. The number of amides is 3. The Morgan fingerprint density at radius 3 is 2.62 bits per heavy atom. The molecule has 42 heavy (non-hydrogen) atoms. The third kappa shape index (κ3) is 7.24. The number of hydrogen-bond donors (Lipinski definition) is 2. The fourth-order valence-corrected chi connectivity index (χ4v) is 5.31. The van der Waals surface area contributed by atoms with Crippen molar-refractivity contribution in [2.45, 2.75) is 31.4 Å². The van der Waals surface area contributed by atoms with E-state index in [9.17, 15) is 18.8 Å². The highest BCUT2D eigenvalue weighted by atomic mass is 32.2. The largest absolute Gasteiger partial charge is 0.467 e. The van der Waals surface area contributed by atoms with Crippen LogP contribution in [0.2, 0.25) is 0 Å². The summed E-state index contributed by atoms with van der Waals surface area (Å²) in [5, 5.41) is 5.03. The van der Waals surface area contributed by atoms with Crippen LogP contribution in [0.25, 0.3) is 0 Å². The number of nitrogens with one attached hydrogen (secondary N) is 2. The van der Waals surface area contributed by atoms with E-state index in [0.29, 0.717) is 27.9 Å². The number of halogens is 1. The number of alkyl carbamates (subject to hydrolysis) is 1. The highest BCUT2D eigenvalue weighted by Gasteiger charge is 2.39. The molecule has 9 nitrogen and oxygen atoms in total. The van der Waals surface area contributed by atoms with Gasteiger partial charge in [-0.3, -0.25) is 14.5 Å². The number of furan rings is 1. The first-order valence-electron chi connectivity index (χ1n) is 13.1. The SMILES string of the molecule is C[C@H](NC(=O)OCc1ccccc1)C(=O)Nc1cccc(C2SC(=Nc3cccc(F)c3)N(Cc3ccco3)C2=O)c1. The molecule has 1 fully saturated rings. The summed E-state index contributed by atoms with van der Waals surface area (Å²) in [6, 6.07) is 24.5. The molecule has 2 atom stereocenters. The maximum Gasteiger partial charge on any atom is 0.408 e. The number of amidine groups is 1. The van der Waals surface area contributed by atoms with Crippen molar-refractivity contribution >= 4 is 46.2 Å². The van der Waals surface area contributed by atoms with Crippen molar-refractivity contribution < 1.29 is 27.9 Å². The van der Waals surface area contributed by atoms with Crippen LogP contribution >= 0.6 is 11.8 Å². The lowest BCUT2D eigenvalue weighted by atomic mass is 10.1. The zero-order chi connectivity index (χ0) is 29.5. The van der Waals surface area contributed by atoms with Crippen LogP contribution in [0.15, 0.2) is 107 Å². The Morgan fingerprint density at radius 2 is 1.86 bits per heavy atom. The highest BCUT2D eigenvalue weighted by Crippen LogP contribution is 2.41. The summed E-state index contributed by atoms with van der Waals surface area (Å²) in [4.78, 5) is 44.6. The molecule has 3 aromatic carbocycles. The quantitative estimate of drug-likeness (QED) is 0.242. The average molecular weight is 587 g/mol. The Hall–Kier alpha value is -4.90. The smallest absolute Gasteiger partial charge is 0.408 e. The van der Waals surface area contributed by atoms with Gasteiger partial charge in [-0.25, -0.2) is 14.2 Å². The topological polar surface area (TPSA) is 113 Å². The standard InChI is InChI=1S/C31H27FN4O5S/c1-20(33-31(39)41-19-21-8-3-2-4-9-21)28(37)34-24-12-5-10-22(16-24)27-29(38)36(18-26-14-7-15-40-26)30(42-27)35-25-13-6-11-23(32)17-25/h2-17,20,27H,18-19H2,1H3,(H,33,39)(H,34,37)/t20-,27?/m0/s1. The van der Waals surface area contributed by atoms with Gasteiger partial charge in [0, 0.05) is 5.69 Å². The van der Waals surface area contributed by atoms with Crippen molar-refractivity contribution in [1.29, 1.82) is 0 Å². The van der Waals surface area contributed by atoms with Gasteiger partial charge in [-0.05, 0) is 60.5 Å². The summed E-state index contributed by atoms with van der Waals surface area (Å²) >= 11 is 1.22. The number of thioether (sulfide) groups is 1. The summed E-state index contributed by atoms with van der Waals surface area (Å²) in [7, 11) is 0. The number of benzene rings is 3. The molecule has 0 saturated carbocycles. The number of carbonyl (C=O) groups excluding carboxylic acids is 3. The van der Waals surface area contributed by atoms with E-state index >= 15 is 0 Å². The van der Waals surface area contributed by atoms with Crippen molar-refractivity contribution in [2.75, 3.05) is 5.32 Å². The molecule has 1 unspecified atom stereocenters. The van der Waals surface area contributed by atoms with Crippen LogP contribution in [0.5, 0.6) is 0 Å². The van der Waals surface area contributed by atoms with E-state index in [0.717, 1.165) is 5.56 Å². The van der Waals surface area contributed by atoms with Gasteiger partial charge in [-0.2, -0.15) is 0 Å². The summed E-state index contributed by atoms with van der Waals surface area (Å²) in [6.45, 7) is 1.78. The van der Waals surface area contributed by atoms with E-state index in [1.807, 2.05) is 30.3 Å². The second-order valence-electron chi connectivity index (χ2n) is 9.42. The molecule has 0 bridgehead atoms. The van der Waals surface area contributed by atoms with Crippen molar-refractivity contribution in [3.63, 3.8) is 0 Å². The van der Waals surface area contributed by atoms with Gasteiger partial charge < -0.3 is 19.8 Å². The molecule has 1 saturated heterocycles. The molecule has 214 valence electrons. The van der Waals surface area contributed by atoms with Crippen LogP contribution in [0.4, 0.5) is 20.6 Å². The molecule has 5 rings (SSSR count). The van der Waals surface area contributed by atoms with Crippen LogP contribution in [0.1, 0.15) is 29.1 Å². The molecular weight excluding hydrogens is 559 g/mol. The molecule has 1 aliphatic rings. The van der Waals surface area contributed by atoms with Crippen molar-refractivity contribution in [3.8, 4) is 0 Å².